The van der Waals surface area contributed by atoms with Crippen LogP contribution in [0, 0.1) is 0 Å². The van der Waals surface area contributed by atoms with E-state index in [1.807, 2.05) is 0 Å². The predicted octanol–water partition coefficient (Wildman–Crippen LogP) is 1.85. The summed E-state index contributed by atoms with van der Waals surface area (Å²) in [6, 6.07) is 8.97. The van der Waals surface area contributed by atoms with Crippen molar-refractivity contribution in [3.8, 4) is 0 Å². The second-order valence-electron chi connectivity index (χ2n) is 4.79. The lowest BCUT2D eigenvalue weighted by Gasteiger charge is -2.06. The molecule has 0 radical (unpaired) electrons. The first kappa shape index (κ1) is 17.4. The molecule has 0 fully saturated rings. The molecule has 0 unspecified atom stereocenters. The van der Waals surface area contributed by atoms with E-state index in [0.717, 1.165) is 11.3 Å². The molecule has 0 saturated carbocycles. The molecule has 1 aromatic heterocycles. The summed E-state index contributed by atoms with van der Waals surface area (Å²) in [6.07, 6.45) is 0. The Labute approximate surface area is 141 Å². The lowest BCUT2D eigenvalue weighted by molar-refractivity contribution is -0.119. The van der Waals surface area contributed by atoms with Crippen LogP contribution in [0.15, 0.2) is 36.4 Å². The van der Waals surface area contributed by atoms with E-state index in [-0.39, 0.29) is 10.7 Å². The number of hydrogen-bond acceptors (Lipinski definition) is 6. The van der Waals surface area contributed by atoms with Crippen LogP contribution in [0.25, 0.3) is 0 Å². The van der Waals surface area contributed by atoms with Crippen LogP contribution in [0.5, 0.6) is 0 Å². The number of benzene rings is 1. The molecule has 2 aromatic rings. The number of primary amides is 1. The fourth-order valence-corrected chi connectivity index (χ4v) is 2.55. The molecule has 3 N–H and O–H groups in total. The van der Waals surface area contributed by atoms with Gasteiger partial charge in [0.05, 0.1) is 4.88 Å². The number of nitrogens with two attached hydrogens (primary N) is 1. The zero-order chi connectivity index (χ0) is 17.7. The minimum Gasteiger partial charge on any atom is -0.451 e. The fourth-order valence-electron chi connectivity index (χ4n) is 1.75. The first-order valence-electron chi connectivity index (χ1n) is 6.84. The Hall–Kier alpha value is -3.00. The monoisotopic (exact) mass is 346 g/mol. The standard InChI is InChI=1S/C16H14N2O5S/c1-9(19)12-6-7-13(24-12)16(22)23-8-14(20)18-11-4-2-10(3-5-11)15(17)21/h2-7H,8H2,1H3,(H2,17,21)(H,18,20). The molecule has 2 rings (SSSR count). The number of thiophene rings is 1. The van der Waals surface area contributed by atoms with Crippen LogP contribution in [-0.4, -0.2) is 30.2 Å². The smallest absolute Gasteiger partial charge is 0.348 e. The van der Waals surface area contributed by atoms with Crippen LogP contribution in [-0.2, 0) is 9.53 Å². The number of Topliss-reactive ketones (excluding diaryl/α,β-unsaturated/α-hetero) is 1. The molecule has 1 heterocycles. The summed E-state index contributed by atoms with van der Waals surface area (Å²) in [7, 11) is 0. The average molecular weight is 346 g/mol. The molecule has 2 amide bonds. The van der Waals surface area contributed by atoms with Crippen molar-refractivity contribution in [1.29, 1.82) is 0 Å². The van der Waals surface area contributed by atoms with Gasteiger partial charge < -0.3 is 15.8 Å². The van der Waals surface area contributed by atoms with Crippen LogP contribution in [0.3, 0.4) is 0 Å². The number of amides is 2. The molecule has 24 heavy (non-hydrogen) atoms. The minimum atomic E-state index is -0.674. The summed E-state index contributed by atoms with van der Waals surface area (Å²) in [6.45, 7) is 0.932. The van der Waals surface area contributed by atoms with Gasteiger partial charge in [-0.15, -0.1) is 11.3 Å². The minimum absolute atomic E-state index is 0.142. The highest BCUT2D eigenvalue weighted by Crippen LogP contribution is 2.18. The van der Waals surface area contributed by atoms with E-state index in [0.29, 0.717) is 16.1 Å². The molecule has 124 valence electrons. The van der Waals surface area contributed by atoms with E-state index in [4.69, 9.17) is 10.5 Å². The summed E-state index contributed by atoms with van der Waals surface area (Å²) in [5.74, 6) is -1.91. The quantitative estimate of drug-likeness (QED) is 0.612. The largest absolute Gasteiger partial charge is 0.451 e. The zero-order valence-corrected chi connectivity index (χ0v) is 13.5. The summed E-state index contributed by atoms with van der Waals surface area (Å²) in [5.41, 5.74) is 5.88. The van der Waals surface area contributed by atoms with E-state index in [1.165, 1.54) is 43.3 Å². The van der Waals surface area contributed by atoms with Gasteiger partial charge in [-0.2, -0.15) is 0 Å². The Balaban J connectivity index is 1.86. The van der Waals surface area contributed by atoms with Crippen molar-refractivity contribution in [1.82, 2.24) is 0 Å². The summed E-state index contributed by atoms with van der Waals surface area (Å²) >= 11 is 1.01. The van der Waals surface area contributed by atoms with Crippen molar-refractivity contribution >= 4 is 40.6 Å². The first-order valence-corrected chi connectivity index (χ1v) is 7.66. The van der Waals surface area contributed by atoms with E-state index in [9.17, 15) is 19.2 Å². The number of ether oxygens (including phenoxy) is 1. The van der Waals surface area contributed by atoms with Crippen LogP contribution >= 0.6 is 11.3 Å². The maximum atomic E-state index is 11.8. The number of nitrogens with one attached hydrogen (secondary N) is 1. The van der Waals surface area contributed by atoms with Crippen molar-refractivity contribution in [3.63, 3.8) is 0 Å². The molecule has 0 saturated heterocycles. The summed E-state index contributed by atoms with van der Waals surface area (Å²) < 4.78 is 4.89. The first-order chi connectivity index (χ1) is 11.4. The Morgan fingerprint density at radius 3 is 2.21 bits per heavy atom. The van der Waals surface area contributed by atoms with Crippen LogP contribution < -0.4 is 11.1 Å². The zero-order valence-electron chi connectivity index (χ0n) is 12.7. The SMILES string of the molecule is CC(=O)c1ccc(C(=O)OCC(=O)Nc2ccc(C(N)=O)cc2)s1. The van der Waals surface area contributed by atoms with Gasteiger partial charge in [-0.25, -0.2) is 4.79 Å². The van der Waals surface area contributed by atoms with Gasteiger partial charge in [0.15, 0.2) is 12.4 Å². The van der Waals surface area contributed by atoms with Crippen molar-refractivity contribution in [2.45, 2.75) is 6.92 Å². The van der Waals surface area contributed by atoms with Crippen molar-refractivity contribution < 1.29 is 23.9 Å². The third-order valence-corrected chi connectivity index (χ3v) is 4.11. The average Bonchev–Trinajstić information content (AvgIpc) is 3.03. The maximum Gasteiger partial charge on any atom is 0.348 e. The van der Waals surface area contributed by atoms with Gasteiger partial charge in [0.2, 0.25) is 5.91 Å². The molecule has 7 nitrogen and oxygen atoms in total. The van der Waals surface area contributed by atoms with Crippen LogP contribution in [0.4, 0.5) is 5.69 Å². The number of anilines is 1. The van der Waals surface area contributed by atoms with Gasteiger partial charge in [-0.05, 0) is 43.3 Å². The third-order valence-electron chi connectivity index (χ3n) is 2.94. The lowest BCUT2D eigenvalue weighted by Crippen LogP contribution is -2.20. The highest BCUT2D eigenvalue weighted by Gasteiger charge is 2.14. The Kier molecular flexibility index (Phi) is 5.43. The van der Waals surface area contributed by atoms with E-state index in [2.05, 4.69) is 5.32 Å². The molecule has 1 aromatic carbocycles. The number of hydrogen-bond donors (Lipinski definition) is 2. The van der Waals surface area contributed by atoms with Crippen LogP contribution in [0.2, 0.25) is 0 Å². The molecule has 0 aliphatic carbocycles. The molecular weight excluding hydrogens is 332 g/mol. The normalized spacial score (nSPS) is 10.0. The maximum absolute atomic E-state index is 11.8. The Morgan fingerprint density at radius 1 is 1.04 bits per heavy atom. The molecule has 0 bridgehead atoms. The van der Waals surface area contributed by atoms with Crippen molar-refractivity contribution in [3.05, 3.63) is 51.7 Å². The van der Waals surface area contributed by atoms with Gasteiger partial charge in [-0.3, -0.25) is 14.4 Å². The molecule has 8 heteroatoms. The number of carbonyl (C=O) groups is 4. The molecule has 0 atom stereocenters. The Morgan fingerprint density at radius 2 is 1.67 bits per heavy atom. The topological polar surface area (TPSA) is 116 Å². The Bertz CT molecular complexity index is 795. The molecule has 0 spiro atoms. The fraction of sp³-hybridized carbons (Fsp3) is 0.125. The summed E-state index contributed by atoms with van der Waals surface area (Å²) in [4.78, 5) is 46.4. The van der Waals surface area contributed by atoms with Crippen molar-refractivity contribution in [2.75, 3.05) is 11.9 Å². The third kappa shape index (κ3) is 4.50. The lowest BCUT2D eigenvalue weighted by atomic mass is 10.2. The van der Waals surface area contributed by atoms with E-state index in [1.54, 1.807) is 0 Å². The van der Waals surface area contributed by atoms with Gasteiger partial charge in [0, 0.05) is 11.3 Å². The highest BCUT2D eigenvalue weighted by molar-refractivity contribution is 7.15. The molecular formula is C16H14N2O5S. The number of esters is 1. The van der Waals surface area contributed by atoms with E-state index < -0.39 is 24.4 Å². The highest BCUT2D eigenvalue weighted by atomic mass is 32.1. The second kappa shape index (κ2) is 7.51. The van der Waals surface area contributed by atoms with Gasteiger partial charge in [0.25, 0.3) is 5.91 Å². The number of rotatable bonds is 6. The van der Waals surface area contributed by atoms with Gasteiger partial charge >= 0.3 is 5.97 Å². The number of ketones is 1. The summed E-state index contributed by atoms with van der Waals surface area (Å²) in [5, 5.41) is 2.52. The second-order valence-corrected chi connectivity index (χ2v) is 5.87. The number of carbonyl (C=O) groups excluding carboxylic acids is 4. The van der Waals surface area contributed by atoms with Crippen LogP contribution in [0.1, 0.15) is 36.6 Å². The molecule has 0 aliphatic heterocycles. The van der Waals surface area contributed by atoms with E-state index >= 15 is 0 Å². The van der Waals surface area contributed by atoms with Gasteiger partial charge in [0.1, 0.15) is 4.88 Å². The van der Waals surface area contributed by atoms with Crippen molar-refractivity contribution in [2.24, 2.45) is 5.73 Å². The van der Waals surface area contributed by atoms with Gasteiger partial charge in [-0.1, -0.05) is 0 Å². The predicted molar refractivity (Wildman–Crippen MR) is 88.2 cm³/mol. The molecule has 0 aliphatic rings.